The number of amides is 1. The van der Waals surface area contributed by atoms with Crippen LogP contribution in [0, 0.1) is 11.3 Å². The third kappa shape index (κ3) is 12.2. The Labute approximate surface area is 403 Å². The van der Waals surface area contributed by atoms with Gasteiger partial charge in [0.2, 0.25) is 25.9 Å². The van der Waals surface area contributed by atoms with Crippen LogP contribution in [-0.2, 0) is 44.4 Å². The van der Waals surface area contributed by atoms with Crippen LogP contribution in [0.4, 0.5) is 4.79 Å². The number of sulfonamides is 2. The quantitative estimate of drug-likeness (QED) is 0.0826. The van der Waals surface area contributed by atoms with Gasteiger partial charge >= 0.3 is 6.09 Å². The molecule has 22 heteroatoms. The number of nitrogens with one attached hydrogen (secondary N) is 2. The first kappa shape index (κ1) is 49.9. The van der Waals surface area contributed by atoms with Crippen molar-refractivity contribution in [3.05, 3.63) is 125 Å². The lowest BCUT2D eigenvalue weighted by Crippen LogP contribution is -2.42. The molecule has 3 N–H and O–H groups in total. The summed E-state index contributed by atoms with van der Waals surface area (Å²) in [4.78, 5) is 16.7. The van der Waals surface area contributed by atoms with Crippen molar-refractivity contribution in [1.82, 2.24) is 39.5 Å². The van der Waals surface area contributed by atoms with Crippen LogP contribution < -0.4 is 24.2 Å². The zero-order chi connectivity index (χ0) is 49.5. The number of nitrogens with zero attached hydrogens (tertiary/aromatic N) is 7. The van der Waals surface area contributed by atoms with Gasteiger partial charge < -0.3 is 29.4 Å². The summed E-state index contributed by atoms with van der Waals surface area (Å²) in [5.74, 6) is 1.45. The topological polar surface area (TPSA) is 250 Å². The molecule has 1 amide bonds. The second-order valence-corrected chi connectivity index (χ2v) is 21.1. The van der Waals surface area contributed by atoms with Gasteiger partial charge in [-0.3, -0.25) is 0 Å². The number of rotatable bonds is 19. The molecule has 0 saturated heterocycles. The molecule has 5 aromatic carbocycles. The predicted molar refractivity (Wildman–Crippen MR) is 257 cm³/mol. The van der Waals surface area contributed by atoms with Gasteiger partial charge in [0, 0.05) is 26.2 Å². The van der Waals surface area contributed by atoms with Gasteiger partial charge in [0.25, 0.3) is 0 Å². The first-order valence-electron chi connectivity index (χ1n) is 21.2. The molecular weight excluding hydrogens is 947 g/mol. The van der Waals surface area contributed by atoms with Gasteiger partial charge in [0.05, 0.1) is 49.8 Å². The van der Waals surface area contributed by atoms with Crippen LogP contribution in [0.2, 0.25) is 0 Å². The van der Waals surface area contributed by atoms with Gasteiger partial charge in [-0.15, -0.1) is 21.5 Å². The lowest BCUT2D eigenvalue weighted by atomic mass is 9.99. The van der Waals surface area contributed by atoms with Crippen molar-refractivity contribution < 1.29 is 45.7 Å². The lowest BCUT2D eigenvalue weighted by Gasteiger charge is -2.26. The minimum atomic E-state index is -5.00. The molecule has 69 heavy (non-hydrogen) atoms. The Hall–Kier alpha value is -7.00. The molecule has 1 atom stereocenters. The first-order chi connectivity index (χ1) is 32.9. The van der Waals surface area contributed by atoms with E-state index in [4.69, 9.17) is 18.9 Å². The van der Waals surface area contributed by atoms with E-state index in [9.17, 15) is 23.6 Å². The zero-order valence-corrected chi connectivity index (χ0v) is 40.9. The van der Waals surface area contributed by atoms with E-state index in [1.54, 1.807) is 119 Å². The number of benzene rings is 5. The van der Waals surface area contributed by atoms with Gasteiger partial charge in [-0.25, -0.2) is 31.3 Å². The molecular formula is C47H49N9O10S3. The molecule has 19 nitrogen and oxygen atoms in total. The standard InChI is InChI=1S/C47H49N9O10S3/c1-47(2,3)66-46(58)49-25-34(57)26-50-68(59,60)41-22-20-38(33-13-21-40-39(23-33)51-42(24-48)67-40)43(45-52-54-56(53-45)29-32-11-18-37(65-6)19-12-32)44(41)69(61,62)55(27-30-7-14-35(63-4)15-8-30)28-31-9-16-36(64-5)17-10-31/h7-23,34,50,57H,25-29H2,1-6H3,(H,49,58). The molecule has 0 aliphatic rings. The molecule has 0 radical (unpaired) electrons. The van der Waals surface area contributed by atoms with E-state index >= 15 is 8.42 Å². The molecule has 2 heterocycles. The number of alkyl carbamates (subject to hydrolysis) is 1. The number of aromatic nitrogens is 5. The number of hydrogen-bond acceptors (Lipinski definition) is 16. The SMILES string of the molecule is COc1ccc(CN(Cc2ccc(OC)cc2)S(=O)(=O)c2c(S(=O)(=O)NCC(O)CNC(=O)OC(C)(C)C)ccc(-c3ccc4sc(C#N)nc4c3)c2-c2nnn(Cc3ccc(OC)cc3)n2)cc1. The average Bonchev–Trinajstić information content (AvgIpc) is 3.99. The number of methoxy groups -OCH3 is 3. The molecule has 0 saturated carbocycles. The Bertz CT molecular complexity index is 3160. The fourth-order valence-corrected chi connectivity index (χ4v) is 11.3. The molecule has 0 spiro atoms. The first-order valence-corrected chi connectivity index (χ1v) is 24.9. The Morgan fingerprint density at radius 2 is 1.41 bits per heavy atom. The molecule has 7 rings (SSSR count). The third-order valence-corrected chi connectivity index (χ3v) is 14.8. The molecule has 0 aliphatic heterocycles. The van der Waals surface area contributed by atoms with E-state index in [1.165, 1.54) is 36.4 Å². The number of tetrazole rings is 1. The van der Waals surface area contributed by atoms with Crippen molar-refractivity contribution in [3.63, 3.8) is 0 Å². The summed E-state index contributed by atoms with van der Waals surface area (Å²) in [5.41, 5.74) is 1.81. The van der Waals surface area contributed by atoms with Gasteiger partial charge in [-0.1, -0.05) is 48.5 Å². The van der Waals surface area contributed by atoms with Gasteiger partial charge in [0.1, 0.15) is 38.7 Å². The van der Waals surface area contributed by atoms with E-state index < -0.39 is 60.7 Å². The predicted octanol–water partition coefficient (Wildman–Crippen LogP) is 6.12. The summed E-state index contributed by atoms with van der Waals surface area (Å²) in [7, 11) is -5.32. The van der Waals surface area contributed by atoms with Crippen LogP contribution in [-0.4, -0.2) is 104 Å². The molecule has 0 fully saturated rings. The van der Waals surface area contributed by atoms with Crippen LogP contribution >= 0.6 is 11.3 Å². The van der Waals surface area contributed by atoms with Crippen LogP contribution in [0.15, 0.2) is 113 Å². The van der Waals surface area contributed by atoms with Gasteiger partial charge in [0.15, 0.2) is 5.01 Å². The highest BCUT2D eigenvalue weighted by Crippen LogP contribution is 2.42. The summed E-state index contributed by atoms with van der Waals surface area (Å²) in [5, 5.41) is 36.5. The number of hydrogen-bond donors (Lipinski definition) is 3. The maximum Gasteiger partial charge on any atom is 0.407 e. The normalized spacial score (nSPS) is 12.4. The number of carbonyl (C=O) groups excluding carboxylic acids is 1. The van der Waals surface area contributed by atoms with Crippen LogP contribution in [0.1, 0.15) is 42.5 Å². The molecule has 360 valence electrons. The highest BCUT2D eigenvalue weighted by Gasteiger charge is 2.38. The summed E-state index contributed by atoms with van der Waals surface area (Å²) < 4.78 is 87.0. The molecule has 2 aromatic heterocycles. The third-order valence-electron chi connectivity index (χ3n) is 10.4. The number of ether oxygens (including phenoxy) is 4. The number of aliphatic hydroxyl groups is 1. The summed E-state index contributed by atoms with van der Waals surface area (Å²) >= 11 is 1.17. The van der Waals surface area contributed by atoms with Crippen molar-refractivity contribution >= 4 is 47.7 Å². The number of thiazole rings is 1. The molecule has 7 aromatic rings. The number of fused-ring (bicyclic) bond motifs is 1. The van der Waals surface area contributed by atoms with E-state index in [1.807, 2.05) is 0 Å². The van der Waals surface area contributed by atoms with Crippen molar-refractivity contribution in [2.24, 2.45) is 0 Å². The smallest absolute Gasteiger partial charge is 0.407 e. The van der Waals surface area contributed by atoms with Gasteiger partial charge in [-0.2, -0.15) is 14.4 Å². The van der Waals surface area contributed by atoms with E-state index in [-0.39, 0.29) is 41.6 Å². The fourth-order valence-electron chi connectivity index (χ4n) is 7.04. The van der Waals surface area contributed by atoms with Crippen LogP contribution in [0.25, 0.3) is 32.7 Å². The van der Waals surface area contributed by atoms with Crippen molar-refractivity contribution in [3.8, 4) is 45.8 Å². The molecule has 0 bridgehead atoms. The summed E-state index contributed by atoms with van der Waals surface area (Å²) in [6.07, 6.45) is -2.31. The van der Waals surface area contributed by atoms with Crippen molar-refractivity contribution in [2.45, 2.75) is 61.9 Å². The second kappa shape index (κ2) is 21.1. The number of carbonyl (C=O) groups is 1. The fraction of sp³-hybridized carbons (Fsp3) is 0.277. The largest absolute Gasteiger partial charge is 0.497 e. The zero-order valence-electron chi connectivity index (χ0n) is 38.4. The lowest BCUT2D eigenvalue weighted by molar-refractivity contribution is 0.0494. The Kier molecular flexibility index (Phi) is 15.3. The van der Waals surface area contributed by atoms with Crippen LogP contribution in [0.3, 0.4) is 0 Å². The molecule has 1 unspecified atom stereocenters. The maximum absolute atomic E-state index is 16.0. The Morgan fingerprint density at radius 3 is 1.96 bits per heavy atom. The summed E-state index contributed by atoms with van der Waals surface area (Å²) in [6.45, 7) is 3.54. The van der Waals surface area contributed by atoms with E-state index in [2.05, 4.69) is 36.5 Å². The number of nitriles is 1. The monoisotopic (exact) mass is 995 g/mol. The summed E-state index contributed by atoms with van der Waals surface area (Å²) in [6, 6.07) is 30.4. The maximum atomic E-state index is 16.0. The minimum Gasteiger partial charge on any atom is -0.497 e. The van der Waals surface area contributed by atoms with E-state index in [0.29, 0.717) is 44.2 Å². The van der Waals surface area contributed by atoms with Gasteiger partial charge in [-0.05, 0) is 108 Å². The minimum absolute atomic E-state index is 0.0892. The molecule has 0 aliphatic carbocycles. The van der Waals surface area contributed by atoms with Crippen LogP contribution in [0.5, 0.6) is 17.2 Å². The average molecular weight is 996 g/mol. The Balaban J connectivity index is 1.44. The second-order valence-electron chi connectivity index (χ2n) is 16.5. The highest BCUT2D eigenvalue weighted by atomic mass is 32.2. The highest BCUT2D eigenvalue weighted by molar-refractivity contribution is 7.92. The van der Waals surface area contributed by atoms with Crippen molar-refractivity contribution in [2.75, 3.05) is 34.4 Å². The van der Waals surface area contributed by atoms with Crippen molar-refractivity contribution in [1.29, 1.82) is 5.26 Å². The number of aliphatic hydroxyl groups excluding tert-OH is 1. The Morgan fingerprint density at radius 1 is 0.826 bits per heavy atom. The van der Waals surface area contributed by atoms with E-state index in [0.717, 1.165) is 15.9 Å².